The van der Waals surface area contributed by atoms with Gasteiger partial charge in [-0.3, -0.25) is 9.59 Å². The number of aryl methyl sites for hydroxylation is 1. The zero-order valence-corrected chi connectivity index (χ0v) is 22.9. The number of halogens is 3. The van der Waals surface area contributed by atoms with E-state index in [1.165, 1.54) is 12.1 Å². The highest BCUT2D eigenvalue weighted by atomic mass is 35.5. The highest BCUT2D eigenvalue weighted by Gasteiger charge is 2.62. The van der Waals surface area contributed by atoms with Gasteiger partial charge in [0.1, 0.15) is 17.0 Å². The van der Waals surface area contributed by atoms with Crippen molar-refractivity contribution in [3.63, 3.8) is 0 Å². The molecule has 3 atom stereocenters. The van der Waals surface area contributed by atoms with E-state index in [0.29, 0.717) is 57.2 Å². The van der Waals surface area contributed by atoms with Crippen LogP contribution in [-0.2, 0) is 19.8 Å². The van der Waals surface area contributed by atoms with Gasteiger partial charge in [0.15, 0.2) is 0 Å². The van der Waals surface area contributed by atoms with Crippen LogP contribution in [0.5, 0.6) is 5.75 Å². The Morgan fingerprint density at radius 2 is 1.75 bits per heavy atom. The molecule has 6 rings (SSSR count). The lowest BCUT2D eigenvalue weighted by Gasteiger charge is -2.47. The second-order valence-corrected chi connectivity index (χ2v) is 11.6. The van der Waals surface area contributed by atoms with Gasteiger partial charge in [0, 0.05) is 33.6 Å². The zero-order valence-electron chi connectivity index (χ0n) is 21.4. The number of piperidine rings is 1. The molecular weight excluding hydrogens is 558 g/mol. The molecule has 3 N–H and O–H groups in total. The summed E-state index contributed by atoms with van der Waals surface area (Å²) < 4.78 is 20.8. The van der Waals surface area contributed by atoms with E-state index in [4.69, 9.17) is 27.9 Å². The number of amides is 2. The number of hydrogen-bond acceptors (Lipinski definition) is 4. The molecule has 1 aliphatic carbocycles. The molecule has 2 fully saturated rings. The highest BCUT2D eigenvalue weighted by molar-refractivity contribution is 6.31. The Morgan fingerprint density at radius 1 is 1.02 bits per heavy atom. The van der Waals surface area contributed by atoms with Crippen molar-refractivity contribution in [2.24, 2.45) is 0 Å². The minimum absolute atomic E-state index is 0.128. The summed E-state index contributed by atoms with van der Waals surface area (Å²) in [6.45, 7) is 1.79. The lowest BCUT2D eigenvalue weighted by atomic mass is 9.59. The third-order valence-electron chi connectivity index (χ3n) is 8.51. The summed E-state index contributed by atoms with van der Waals surface area (Å²) in [6, 6.07) is 13.1. The van der Waals surface area contributed by atoms with Gasteiger partial charge in [0.25, 0.3) is 0 Å². The number of carboxylic acid groups (broad SMARTS) is 1. The first-order valence-corrected chi connectivity index (χ1v) is 13.7. The van der Waals surface area contributed by atoms with Crippen molar-refractivity contribution in [3.8, 4) is 5.75 Å². The number of ether oxygens (including phenoxy) is 1. The number of carbonyl (C=O) groups is 3. The Balaban J connectivity index is 1.62. The SMILES string of the molecule is Cc1ccc(F)cc1[C@@H]1NC(=O)C[C@H](c2cc(Cl)ccc2OC2(C(=O)O)CCC2)[C@@]12C(=O)Nc1cc(Cl)ccc12. The molecule has 40 heavy (non-hydrogen) atoms. The average Bonchev–Trinajstić information content (AvgIpc) is 3.15. The van der Waals surface area contributed by atoms with Gasteiger partial charge in [-0.2, -0.15) is 0 Å². The maximum absolute atomic E-state index is 14.6. The average molecular weight is 583 g/mol. The minimum Gasteiger partial charge on any atom is -0.478 e. The fourth-order valence-corrected chi connectivity index (χ4v) is 6.75. The molecule has 1 saturated carbocycles. The van der Waals surface area contributed by atoms with Crippen LogP contribution in [0.15, 0.2) is 54.6 Å². The monoisotopic (exact) mass is 582 g/mol. The van der Waals surface area contributed by atoms with Gasteiger partial charge in [-0.1, -0.05) is 35.3 Å². The van der Waals surface area contributed by atoms with Crippen molar-refractivity contribution >= 4 is 46.7 Å². The number of anilines is 1. The summed E-state index contributed by atoms with van der Waals surface area (Å²) >= 11 is 12.7. The summed E-state index contributed by atoms with van der Waals surface area (Å²) in [5.74, 6) is -2.98. The molecule has 0 aromatic heterocycles. The second kappa shape index (κ2) is 9.49. The topological polar surface area (TPSA) is 105 Å². The summed E-state index contributed by atoms with van der Waals surface area (Å²) in [5.41, 5.74) is -0.275. The van der Waals surface area contributed by atoms with Gasteiger partial charge >= 0.3 is 5.97 Å². The van der Waals surface area contributed by atoms with Crippen LogP contribution < -0.4 is 15.4 Å². The smallest absolute Gasteiger partial charge is 0.348 e. The van der Waals surface area contributed by atoms with Crippen LogP contribution in [-0.4, -0.2) is 28.5 Å². The van der Waals surface area contributed by atoms with Gasteiger partial charge in [-0.25, -0.2) is 9.18 Å². The van der Waals surface area contributed by atoms with Crippen molar-refractivity contribution in [3.05, 3.63) is 92.7 Å². The Kier molecular flexibility index (Phi) is 6.31. The van der Waals surface area contributed by atoms with Crippen molar-refractivity contribution in [2.45, 2.75) is 55.6 Å². The van der Waals surface area contributed by atoms with Crippen LogP contribution in [0.25, 0.3) is 0 Å². The summed E-state index contributed by atoms with van der Waals surface area (Å²) in [5, 5.41) is 16.6. The van der Waals surface area contributed by atoms with E-state index < -0.39 is 40.7 Å². The molecule has 0 unspecified atom stereocenters. The molecule has 3 aromatic rings. The van der Waals surface area contributed by atoms with Gasteiger partial charge in [0.05, 0.1) is 6.04 Å². The molecule has 1 saturated heterocycles. The maximum atomic E-state index is 14.6. The molecule has 206 valence electrons. The molecule has 0 bridgehead atoms. The largest absolute Gasteiger partial charge is 0.478 e. The van der Waals surface area contributed by atoms with Crippen molar-refractivity contribution in [1.29, 1.82) is 0 Å². The van der Waals surface area contributed by atoms with Crippen LogP contribution in [0, 0.1) is 12.7 Å². The Bertz CT molecular complexity index is 1590. The predicted octanol–water partition coefficient (Wildman–Crippen LogP) is 6.06. The Labute approximate surface area is 239 Å². The molecule has 3 aromatic carbocycles. The summed E-state index contributed by atoms with van der Waals surface area (Å²) in [7, 11) is 0. The first-order chi connectivity index (χ1) is 19.0. The van der Waals surface area contributed by atoms with Crippen LogP contribution in [0.2, 0.25) is 10.0 Å². The van der Waals surface area contributed by atoms with E-state index in [0.717, 1.165) is 0 Å². The lowest BCUT2D eigenvalue weighted by Crippen LogP contribution is -2.57. The second-order valence-electron chi connectivity index (χ2n) is 10.7. The standard InChI is InChI=1S/C30H25Cl2FN2O5/c1-15-3-6-18(33)13-19(15)26-30(21-7-4-17(32)12-23(21)34-27(30)37)22(14-25(36)35-26)20-11-16(31)5-8-24(20)40-29(28(38)39)9-2-10-29/h3-8,11-13,22,26H,2,9-10,14H2,1H3,(H,34,37)(H,35,36)(H,38,39)/t22-,26+,30-/m1/s1. The molecule has 2 heterocycles. The van der Waals surface area contributed by atoms with E-state index in [-0.39, 0.29) is 18.1 Å². The molecule has 1 spiro atoms. The van der Waals surface area contributed by atoms with Gasteiger partial charge in [-0.05, 0) is 85.3 Å². The Hall–Kier alpha value is -3.62. The van der Waals surface area contributed by atoms with E-state index in [2.05, 4.69) is 10.6 Å². The van der Waals surface area contributed by atoms with E-state index in [1.54, 1.807) is 49.4 Å². The number of fused-ring (bicyclic) bond motifs is 2. The maximum Gasteiger partial charge on any atom is 0.348 e. The molecule has 10 heteroatoms. The van der Waals surface area contributed by atoms with E-state index >= 15 is 0 Å². The van der Waals surface area contributed by atoms with Gasteiger partial charge < -0.3 is 20.5 Å². The quantitative estimate of drug-likeness (QED) is 0.339. The molecule has 0 radical (unpaired) electrons. The van der Waals surface area contributed by atoms with Crippen molar-refractivity contribution in [1.82, 2.24) is 5.32 Å². The van der Waals surface area contributed by atoms with Crippen LogP contribution in [0.1, 0.15) is 59.9 Å². The zero-order chi connectivity index (χ0) is 28.4. The first kappa shape index (κ1) is 26.6. The van der Waals surface area contributed by atoms with Crippen molar-refractivity contribution < 1.29 is 28.6 Å². The molecular formula is C30H25Cl2FN2O5. The first-order valence-electron chi connectivity index (χ1n) is 12.9. The van der Waals surface area contributed by atoms with Crippen LogP contribution in [0.4, 0.5) is 10.1 Å². The van der Waals surface area contributed by atoms with E-state index in [1.807, 2.05) is 0 Å². The number of carbonyl (C=O) groups excluding carboxylic acids is 2. The van der Waals surface area contributed by atoms with Crippen LogP contribution in [0.3, 0.4) is 0 Å². The molecule has 2 amide bonds. The lowest BCUT2D eigenvalue weighted by molar-refractivity contribution is -0.163. The molecule has 3 aliphatic rings. The number of hydrogen-bond donors (Lipinski definition) is 3. The summed E-state index contributed by atoms with van der Waals surface area (Å²) in [4.78, 5) is 39.8. The van der Waals surface area contributed by atoms with Gasteiger partial charge in [0.2, 0.25) is 17.4 Å². The highest BCUT2D eigenvalue weighted by Crippen LogP contribution is 2.59. The van der Waals surface area contributed by atoms with Crippen LogP contribution >= 0.6 is 23.2 Å². The third kappa shape index (κ3) is 3.96. The fourth-order valence-electron chi connectivity index (χ4n) is 6.40. The predicted molar refractivity (Wildman–Crippen MR) is 147 cm³/mol. The third-order valence-corrected chi connectivity index (χ3v) is 8.98. The number of benzene rings is 3. The molecule has 7 nitrogen and oxygen atoms in total. The van der Waals surface area contributed by atoms with Gasteiger partial charge in [-0.15, -0.1) is 0 Å². The number of carboxylic acids is 1. The summed E-state index contributed by atoms with van der Waals surface area (Å²) in [6.07, 6.45) is 1.22. The van der Waals surface area contributed by atoms with E-state index in [9.17, 15) is 23.9 Å². The number of rotatable bonds is 5. The molecule has 2 aliphatic heterocycles. The normalized spacial score (nSPS) is 24.6. The Morgan fingerprint density at radius 3 is 2.45 bits per heavy atom. The fraction of sp³-hybridized carbons (Fsp3) is 0.300. The minimum atomic E-state index is -1.47. The number of nitrogens with one attached hydrogen (secondary N) is 2. The van der Waals surface area contributed by atoms with Crippen molar-refractivity contribution in [2.75, 3.05) is 5.32 Å². The number of aliphatic carboxylic acids is 1.